The van der Waals surface area contributed by atoms with Gasteiger partial charge in [-0.05, 0) is 25.9 Å². The Morgan fingerprint density at radius 3 is 2.74 bits per heavy atom. The van der Waals surface area contributed by atoms with E-state index in [1.807, 2.05) is 0 Å². The fourth-order valence-corrected chi connectivity index (χ4v) is 2.43. The zero-order chi connectivity index (χ0) is 13.9. The molecule has 1 fully saturated rings. The summed E-state index contributed by atoms with van der Waals surface area (Å²) < 4.78 is 5.37. The van der Waals surface area contributed by atoms with Crippen LogP contribution in [0.25, 0.3) is 0 Å². The minimum absolute atomic E-state index is 0.0737. The number of aromatic nitrogens is 2. The number of rotatable bonds is 5. The van der Waals surface area contributed by atoms with Crippen LogP contribution in [-0.4, -0.2) is 40.7 Å². The first-order chi connectivity index (χ1) is 9.00. The van der Waals surface area contributed by atoms with Gasteiger partial charge in [-0.25, -0.2) is 0 Å². The lowest BCUT2D eigenvalue weighted by Gasteiger charge is -2.26. The molecule has 1 aromatic rings. The van der Waals surface area contributed by atoms with Gasteiger partial charge in [0.2, 0.25) is 5.89 Å². The lowest BCUT2D eigenvalue weighted by molar-refractivity contribution is 0.192. The Bertz CT molecular complexity index is 390. The maximum absolute atomic E-state index is 5.37. The van der Waals surface area contributed by atoms with Gasteiger partial charge in [-0.1, -0.05) is 32.9 Å². The molecular formula is C14H26N4O. The largest absolute Gasteiger partial charge is 0.339 e. The molecule has 1 aliphatic rings. The number of hydrogen-bond acceptors (Lipinski definition) is 5. The molecule has 5 nitrogen and oxygen atoms in total. The van der Waals surface area contributed by atoms with E-state index in [1.165, 1.54) is 6.42 Å². The number of nitrogens with zero attached hydrogens (tertiary/aromatic N) is 3. The van der Waals surface area contributed by atoms with Crippen LogP contribution in [0.1, 0.15) is 52.3 Å². The third-order valence-corrected chi connectivity index (χ3v) is 3.52. The summed E-state index contributed by atoms with van der Waals surface area (Å²) in [5.41, 5.74) is -0.0737. The van der Waals surface area contributed by atoms with E-state index in [0.29, 0.717) is 6.04 Å². The van der Waals surface area contributed by atoms with Crippen molar-refractivity contribution in [2.24, 2.45) is 0 Å². The van der Waals surface area contributed by atoms with Crippen LogP contribution < -0.4 is 5.32 Å². The summed E-state index contributed by atoms with van der Waals surface area (Å²) in [7, 11) is 0. The van der Waals surface area contributed by atoms with Crippen molar-refractivity contribution >= 4 is 0 Å². The van der Waals surface area contributed by atoms with Crippen molar-refractivity contribution < 1.29 is 4.52 Å². The van der Waals surface area contributed by atoms with E-state index < -0.39 is 0 Å². The highest BCUT2D eigenvalue weighted by Gasteiger charge is 2.25. The molecule has 0 bridgehead atoms. The molecule has 0 saturated carbocycles. The zero-order valence-electron chi connectivity index (χ0n) is 12.6. The zero-order valence-corrected chi connectivity index (χ0v) is 12.6. The van der Waals surface area contributed by atoms with Gasteiger partial charge < -0.3 is 9.84 Å². The summed E-state index contributed by atoms with van der Waals surface area (Å²) in [4.78, 5) is 7.00. The van der Waals surface area contributed by atoms with E-state index in [4.69, 9.17) is 4.52 Å². The minimum Gasteiger partial charge on any atom is -0.339 e. The lowest BCUT2D eigenvalue weighted by Crippen LogP contribution is -2.37. The average Bonchev–Trinajstić information content (AvgIpc) is 2.98. The quantitative estimate of drug-likeness (QED) is 0.882. The molecule has 1 aliphatic heterocycles. The maximum atomic E-state index is 5.37. The van der Waals surface area contributed by atoms with E-state index in [0.717, 1.165) is 44.3 Å². The van der Waals surface area contributed by atoms with Gasteiger partial charge >= 0.3 is 0 Å². The fraction of sp³-hybridized carbons (Fsp3) is 0.857. The van der Waals surface area contributed by atoms with Gasteiger partial charge in [-0.2, -0.15) is 4.98 Å². The van der Waals surface area contributed by atoms with Crippen LogP contribution in [0.3, 0.4) is 0 Å². The molecule has 0 amide bonds. The summed E-state index contributed by atoms with van der Waals surface area (Å²) in [6.07, 6.45) is 2.37. The molecule has 1 unspecified atom stereocenters. The van der Waals surface area contributed by atoms with Crippen molar-refractivity contribution in [3.05, 3.63) is 11.7 Å². The van der Waals surface area contributed by atoms with Crippen molar-refractivity contribution in [1.82, 2.24) is 20.4 Å². The average molecular weight is 266 g/mol. The Morgan fingerprint density at radius 1 is 1.42 bits per heavy atom. The van der Waals surface area contributed by atoms with Crippen LogP contribution in [0.5, 0.6) is 0 Å². The standard InChI is InChI=1S/C14H26N4O/c1-5-8-18(11-6-7-15-9-11)10-12-16-13(19-17-12)14(2,3)4/h11,15H,5-10H2,1-4H3. The van der Waals surface area contributed by atoms with Crippen molar-refractivity contribution in [2.45, 2.75) is 58.5 Å². The highest BCUT2D eigenvalue weighted by molar-refractivity contribution is 4.98. The first-order valence-electron chi connectivity index (χ1n) is 7.28. The molecule has 1 atom stereocenters. The lowest BCUT2D eigenvalue weighted by atomic mass is 9.97. The van der Waals surface area contributed by atoms with Crippen LogP contribution in [0.2, 0.25) is 0 Å². The molecule has 108 valence electrons. The predicted octanol–water partition coefficient (Wildman–Crippen LogP) is 1.94. The highest BCUT2D eigenvalue weighted by Crippen LogP contribution is 2.20. The minimum atomic E-state index is -0.0737. The molecule has 0 radical (unpaired) electrons. The molecule has 2 heterocycles. The van der Waals surface area contributed by atoms with Gasteiger partial charge in [0, 0.05) is 18.0 Å². The predicted molar refractivity (Wildman–Crippen MR) is 75.0 cm³/mol. The van der Waals surface area contributed by atoms with E-state index in [-0.39, 0.29) is 5.41 Å². The molecule has 2 rings (SSSR count). The topological polar surface area (TPSA) is 54.2 Å². The van der Waals surface area contributed by atoms with Crippen LogP contribution in [0.4, 0.5) is 0 Å². The first-order valence-corrected chi connectivity index (χ1v) is 7.28. The second-order valence-electron chi connectivity index (χ2n) is 6.38. The molecule has 0 aliphatic carbocycles. The SMILES string of the molecule is CCCN(Cc1noc(C(C)(C)C)n1)C1CCNC1. The number of nitrogens with one attached hydrogen (secondary N) is 1. The second kappa shape index (κ2) is 6.01. The van der Waals surface area contributed by atoms with E-state index in [2.05, 4.69) is 48.1 Å². The number of hydrogen-bond donors (Lipinski definition) is 1. The van der Waals surface area contributed by atoms with Crippen LogP contribution in [-0.2, 0) is 12.0 Å². The normalized spacial score (nSPS) is 20.4. The smallest absolute Gasteiger partial charge is 0.232 e. The van der Waals surface area contributed by atoms with E-state index >= 15 is 0 Å². The Labute approximate surface area is 115 Å². The van der Waals surface area contributed by atoms with Gasteiger partial charge in [0.15, 0.2) is 5.82 Å². The van der Waals surface area contributed by atoms with Crippen molar-refractivity contribution in [1.29, 1.82) is 0 Å². The molecule has 5 heteroatoms. The van der Waals surface area contributed by atoms with Crippen LogP contribution >= 0.6 is 0 Å². The highest BCUT2D eigenvalue weighted by atomic mass is 16.5. The molecule has 1 aromatic heterocycles. The molecular weight excluding hydrogens is 240 g/mol. The van der Waals surface area contributed by atoms with E-state index in [9.17, 15) is 0 Å². The molecule has 1 N–H and O–H groups in total. The molecule has 1 saturated heterocycles. The van der Waals surface area contributed by atoms with Crippen LogP contribution in [0, 0.1) is 0 Å². The Kier molecular flexibility index (Phi) is 4.58. The Morgan fingerprint density at radius 2 is 2.21 bits per heavy atom. The van der Waals surface area contributed by atoms with Crippen LogP contribution in [0.15, 0.2) is 4.52 Å². The van der Waals surface area contributed by atoms with Gasteiger partial charge in [-0.3, -0.25) is 4.90 Å². The molecule has 19 heavy (non-hydrogen) atoms. The second-order valence-corrected chi connectivity index (χ2v) is 6.38. The van der Waals surface area contributed by atoms with Gasteiger partial charge in [0.25, 0.3) is 0 Å². The monoisotopic (exact) mass is 266 g/mol. The summed E-state index contributed by atoms with van der Waals surface area (Å²) in [5, 5.41) is 7.55. The summed E-state index contributed by atoms with van der Waals surface area (Å²) in [6.45, 7) is 12.6. The van der Waals surface area contributed by atoms with Crippen molar-refractivity contribution in [2.75, 3.05) is 19.6 Å². The summed E-state index contributed by atoms with van der Waals surface area (Å²) >= 11 is 0. The Balaban J connectivity index is 2.02. The first kappa shape index (κ1) is 14.5. The van der Waals surface area contributed by atoms with Gasteiger partial charge in [0.1, 0.15) is 0 Å². The third-order valence-electron chi connectivity index (χ3n) is 3.52. The maximum Gasteiger partial charge on any atom is 0.232 e. The summed E-state index contributed by atoms with van der Waals surface area (Å²) in [5.74, 6) is 1.54. The van der Waals surface area contributed by atoms with Gasteiger partial charge in [-0.15, -0.1) is 0 Å². The third kappa shape index (κ3) is 3.76. The summed E-state index contributed by atoms with van der Waals surface area (Å²) in [6, 6.07) is 0.608. The Hall–Kier alpha value is -0.940. The van der Waals surface area contributed by atoms with Crippen molar-refractivity contribution in [3.8, 4) is 0 Å². The van der Waals surface area contributed by atoms with E-state index in [1.54, 1.807) is 0 Å². The fourth-order valence-electron chi connectivity index (χ4n) is 2.43. The molecule has 0 aromatic carbocycles. The van der Waals surface area contributed by atoms with Gasteiger partial charge in [0.05, 0.1) is 6.54 Å². The molecule has 0 spiro atoms. The van der Waals surface area contributed by atoms with Crippen molar-refractivity contribution in [3.63, 3.8) is 0 Å².